The Labute approximate surface area is 72.8 Å². The molecule has 3 rings (SSSR count). The standard InChI is InChI=1S/C11H14O/c1-10-5-2-3-6-11(10)7-4-8(12)9(10)11/h4,7,9H,2-3,5-6H2,1H3. The quantitative estimate of drug-likeness (QED) is 0.534. The molecule has 0 aromatic carbocycles. The SMILES string of the molecule is CC12CCCCC13C=CC(=O)C23. The third-order valence-corrected chi connectivity index (χ3v) is 4.50. The van der Waals surface area contributed by atoms with E-state index < -0.39 is 0 Å². The molecule has 0 N–H and O–H groups in total. The maximum absolute atomic E-state index is 11.5. The molecule has 0 radical (unpaired) electrons. The molecule has 1 nitrogen and oxygen atoms in total. The van der Waals surface area contributed by atoms with Crippen molar-refractivity contribution in [2.45, 2.75) is 32.6 Å². The van der Waals surface area contributed by atoms with Gasteiger partial charge in [0.25, 0.3) is 0 Å². The number of carbonyl (C=O) groups excluding carboxylic acids is 1. The Hall–Kier alpha value is -0.590. The molecule has 2 saturated carbocycles. The van der Waals surface area contributed by atoms with Crippen LogP contribution in [0.2, 0.25) is 0 Å². The normalized spacial score (nSPS) is 55.1. The van der Waals surface area contributed by atoms with Crippen molar-refractivity contribution < 1.29 is 4.79 Å². The van der Waals surface area contributed by atoms with E-state index in [0.29, 0.717) is 22.5 Å². The molecule has 0 saturated heterocycles. The minimum Gasteiger partial charge on any atom is -0.295 e. The molecule has 64 valence electrons. The molecule has 3 aliphatic carbocycles. The molecule has 0 heterocycles. The van der Waals surface area contributed by atoms with Gasteiger partial charge in [0.15, 0.2) is 5.78 Å². The number of rotatable bonds is 0. The number of hydrogen-bond donors (Lipinski definition) is 0. The van der Waals surface area contributed by atoms with Crippen molar-refractivity contribution in [1.82, 2.24) is 0 Å². The number of hydrogen-bond acceptors (Lipinski definition) is 1. The zero-order chi connectivity index (χ0) is 8.40. The lowest BCUT2D eigenvalue weighted by Gasteiger charge is -2.24. The highest BCUT2D eigenvalue weighted by molar-refractivity contribution is 6.00. The third-order valence-electron chi connectivity index (χ3n) is 4.50. The van der Waals surface area contributed by atoms with Crippen LogP contribution in [-0.2, 0) is 4.79 Å². The largest absolute Gasteiger partial charge is 0.295 e. The first-order chi connectivity index (χ1) is 5.71. The Morgan fingerprint density at radius 2 is 2.17 bits per heavy atom. The van der Waals surface area contributed by atoms with E-state index in [1.165, 1.54) is 25.7 Å². The molecule has 3 atom stereocenters. The second-order valence-electron chi connectivity index (χ2n) is 4.83. The summed E-state index contributed by atoms with van der Waals surface area (Å²) in [5.74, 6) is 0.784. The summed E-state index contributed by atoms with van der Waals surface area (Å²) >= 11 is 0. The van der Waals surface area contributed by atoms with Gasteiger partial charge in [-0.15, -0.1) is 0 Å². The summed E-state index contributed by atoms with van der Waals surface area (Å²) in [5, 5.41) is 0. The van der Waals surface area contributed by atoms with Gasteiger partial charge in [0.05, 0.1) is 0 Å². The van der Waals surface area contributed by atoms with E-state index in [4.69, 9.17) is 0 Å². The predicted molar refractivity (Wildman–Crippen MR) is 46.6 cm³/mol. The molecule has 3 unspecified atom stereocenters. The van der Waals surface area contributed by atoms with Crippen molar-refractivity contribution in [3.05, 3.63) is 12.2 Å². The first-order valence-corrected chi connectivity index (χ1v) is 4.94. The van der Waals surface area contributed by atoms with Gasteiger partial charge >= 0.3 is 0 Å². The Morgan fingerprint density at radius 3 is 2.92 bits per heavy atom. The second kappa shape index (κ2) is 1.68. The smallest absolute Gasteiger partial charge is 0.159 e. The number of allylic oxidation sites excluding steroid dienone is 2. The molecule has 0 aromatic rings. The molecule has 0 bridgehead atoms. The van der Waals surface area contributed by atoms with Crippen molar-refractivity contribution in [2.75, 3.05) is 0 Å². The summed E-state index contributed by atoms with van der Waals surface area (Å²) in [6.45, 7) is 2.30. The van der Waals surface area contributed by atoms with E-state index >= 15 is 0 Å². The molecule has 1 heteroatoms. The molecule has 0 aromatic heterocycles. The Balaban J connectivity index is 2.07. The average Bonchev–Trinajstić information content (AvgIpc) is 2.44. The van der Waals surface area contributed by atoms with Gasteiger partial charge in [-0.3, -0.25) is 4.79 Å². The summed E-state index contributed by atoms with van der Waals surface area (Å²) in [5.41, 5.74) is 0.708. The van der Waals surface area contributed by atoms with E-state index in [-0.39, 0.29) is 0 Å². The van der Waals surface area contributed by atoms with Crippen molar-refractivity contribution in [3.8, 4) is 0 Å². The van der Waals surface area contributed by atoms with Gasteiger partial charge in [-0.1, -0.05) is 25.8 Å². The summed E-state index contributed by atoms with van der Waals surface area (Å²) in [6, 6.07) is 0. The summed E-state index contributed by atoms with van der Waals surface area (Å²) < 4.78 is 0. The highest BCUT2D eigenvalue weighted by atomic mass is 16.1. The van der Waals surface area contributed by atoms with Crippen LogP contribution in [0.4, 0.5) is 0 Å². The lowest BCUT2D eigenvalue weighted by atomic mass is 9.80. The van der Waals surface area contributed by atoms with Gasteiger partial charge in [-0.2, -0.15) is 0 Å². The van der Waals surface area contributed by atoms with Crippen LogP contribution in [0.15, 0.2) is 12.2 Å². The molecule has 12 heavy (non-hydrogen) atoms. The van der Waals surface area contributed by atoms with Crippen molar-refractivity contribution in [1.29, 1.82) is 0 Å². The van der Waals surface area contributed by atoms with Crippen LogP contribution in [0, 0.1) is 16.7 Å². The molecular formula is C11H14O. The fourth-order valence-electron chi connectivity index (χ4n) is 3.77. The fourth-order valence-corrected chi connectivity index (χ4v) is 3.77. The van der Waals surface area contributed by atoms with Gasteiger partial charge < -0.3 is 0 Å². The maximum atomic E-state index is 11.5. The summed E-state index contributed by atoms with van der Waals surface area (Å²) in [6.07, 6.45) is 9.21. The minimum absolute atomic E-state index is 0.336. The van der Waals surface area contributed by atoms with E-state index in [2.05, 4.69) is 13.0 Å². The fraction of sp³-hybridized carbons (Fsp3) is 0.727. The first-order valence-electron chi connectivity index (χ1n) is 4.94. The third kappa shape index (κ3) is 0.476. The van der Waals surface area contributed by atoms with Crippen LogP contribution < -0.4 is 0 Å². The van der Waals surface area contributed by atoms with E-state index in [1.54, 1.807) is 0 Å². The zero-order valence-electron chi connectivity index (χ0n) is 7.47. The lowest BCUT2D eigenvalue weighted by Crippen LogP contribution is -2.14. The average molecular weight is 162 g/mol. The van der Waals surface area contributed by atoms with E-state index in [1.807, 2.05) is 6.08 Å². The molecule has 2 fully saturated rings. The van der Waals surface area contributed by atoms with Crippen molar-refractivity contribution >= 4 is 5.78 Å². The lowest BCUT2D eigenvalue weighted by molar-refractivity contribution is -0.116. The summed E-state index contributed by atoms with van der Waals surface area (Å²) in [7, 11) is 0. The molecule has 0 amide bonds. The Morgan fingerprint density at radius 1 is 1.42 bits per heavy atom. The molecular weight excluding hydrogens is 148 g/mol. The van der Waals surface area contributed by atoms with Crippen LogP contribution in [0.1, 0.15) is 32.6 Å². The van der Waals surface area contributed by atoms with Gasteiger partial charge in [0, 0.05) is 11.3 Å². The molecule has 3 aliphatic rings. The minimum atomic E-state index is 0.336. The second-order valence-corrected chi connectivity index (χ2v) is 4.83. The van der Waals surface area contributed by atoms with Crippen molar-refractivity contribution in [2.24, 2.45) is 16.7 Å². The molecule has 0 aliphatic heterocycles. The highest BCUT2D eigenvalue weighted by Gasteiger charge is 2.76. The van der Waals surface area contributed by atoms with Crippen LogP contribution in [-0.4, -0.2) is 5.78 Å². The van der Waals surface area contributed by atoms with Gasteiger partial charge in [0.1, 0.15) is 0 Å². The van der Waals surface area contributed by atoms with Crippen LogP contribution in [0.25, 0.3) is 0 Å². The monoisotopic (exact) mass is 162 g/mol. The number of carbonyl (C=O) groups is 1. The predicted octanol–water partition coefficient (Wildman–Crippen LogP) is 2.32. The highest BCUT2D eigenvalue weighted by Crippen LogP contribution is 2.78. The number of fused-ring (bicyclic) bond motifs is 1. The first kappa shape index (κ1) is 6.88. The van der Waals surface area contributed by atoms with Crippen molar-refractivity contribution in [3.63, 3.8) is 0 Å². The Kier molecular flexibility index (Phi) is 0.964. The van der Waals surface area contributed by atoms with Crippen LogP contribution in [0.5, 0.6) is 0 Å². The van der Waals surface area contributed by atoms with E-state index in [0.717, 1.165) is 0 Å². The van der Waals surface area contributed by atoms with Crippen LogP contribution >= 0.6 is 0 Å². The number of ketones is 1. The topological polar surface area (TPSA) is 17.1 Å². The zero-order valence-corrected chi connectivity index (χ0v) is 7.47. The van der Waals surface area contributed by atoms with Gasteiger partial charge in [-0.25, -0.2) is 0 Å². The van der Waals surface area contributed by atoms with E-state index in [9.17, 15) is 4.79 Å². The molecule has 1 spiro atoms. The summed E-state index contributed by atoms with van der Waals surface area (Å²) in [4.78, 5) is 11.5. The van der Waals surface area contributed by atoms with Gasteiger partial charge in [-0.05, 0) is 24.3 Å². The van der Waals surface area contributed by atoms with Gasteiger partial charge in [0.2, 0.25) is 0 Å². The van der Waals surface area contributed by atoms with Crippen LogP contribution in [0.3, 0.4) is 0 Å². The Bertz CT molecular complexity index is 291. The maximum Gasteiger partial charge on any atom is 0.159 e.